The van der Waals surface area contributed by atoms with E-state index in [-0.39, 0.29) is 24.3 Å². The van der Waals surface area contributed by atoms with Crippen LogP contribution in [0.3, 0.4) is 0 Å². The molecular formula is C21H20ClN7O2. The summed E-state index contributed by atoms with van der Waals surface area (Å²) in [5.74, 6) is 0.280. The molecule has 9 nitrogen and oxygen atoms in total. The van der Waals surface area contributed by atoms with Crippen molar-refractivity contribution in [3.63, 3.8) is 0 Å². The van der Waals surface area contributed by atoms with Crippen molar-refractivity contribution in [2.45, 2.75) is 38.3 Å². The Bertz CT molecular complexity index is 1230. The lowest BCUT2D eigenvalue weighted by Gasteiger charge is -2.17. The molecule has 0 radical (unpaired) electrons. The fourth-order valence-corrected chi connectivity index (χ4v) is 3.77. The van der Waals surface area contributed by atoms with E-state index in [0.29, 0.717) is 39.7 Å². The van der Waals surface area contributed by atoms with Crippen LogP contribution in [-0.4, -0.2) is 37.4 Å². The van der Waals surface area contributed by atoms with Gasteiger partial charge in [-0.25, -0.2) is 0 Å². The maximum absolute atomic E-state index is 12.0. The lowest BCUT2D eigenvalue weighted by molar-refractivity contribution is -0.124. The molecule has 2 amide bonds. The summed E-state index contributed by atoms with van der Waals surface area (Å²) in [5.41, 5.74) is 2.48. The van der Waals surface area contributed by atoms with E-state index in [1.807, 2.05) is 31.2 Å². The number of fused-ring (bicyclic) bond motifs is 1. The number of carbonyl (C=O) groups is 2. The number of aromatic nitrogens is 4. The number of halogens is 1. The number of hydrogen-bond acceptors (Lipinski definition) is 7. The molecule has 5 rings (SSSR count). The molecule has 3 heterocycles. The second kappa shape index (κ2) is 7.66. The number of nitrogens with zero attached hydrogens (tertiary/aromatic N) is 4. The third-order valence-electron chi connectivity index (χ3n) is 5.25. The first-order chi connectivity index (χ1) is 15.0. The summed E-state index contributed by atoms with van der Waals surface area (Å²) in [6.07, 6.45) is 5.46. The molecule has 0 spiro atoms. The number of hydrogen-bond donors (Lipinski definition) is 3. The van der Waals surface area contributed by atoms with Crippen LogP contribution in [0.25, 0.3) is 11.7 Å². The molecule has 2 aliphatic rings. The zero-order valence-electron chi connectivity index (χ0n) is 16.7. The molecule has 0 unspecified atom stereocenters. The highest BCUT2D eigenvalue weighted by Gasteiger charge is 2.26. The first-order valence-corrected chi connectivity index (χ1v) is 10.4. The van der Waals surface area contributed by atoms with Gasteiger partial charge in [-0.3, -0.25) is 14.9 Å². The first-order valence-electron chi connectivity index (χ1n) is 10.1. The highest BCUT2D eigenvalue weighted by atomic mass is 35.5. The van der Waals surface area contributed by atoms with Gasteiger partial charge in [0.15, 0.2) is 5.65 Å². The van der Waals surface area contributed by atoms with Gasteiger partial charge in [0.1, 0.15) is 0 Å². The summed E-state index contributed by atoms with van der Waals surface area (Å²) in [4.78, 5) is 32.8. The minimum absolute atomic E-state index is 0.0447. The highest BCUT2D eigenvalue weighted by Crippen LogP contribution is 2.28. The summed E-state index contributed by atoms with van der Waals surface area (Å²) < 4.78 is 1.62. The molecule has 3 aromatic rings. The van der Waals surface area contributed by atoms with Crippen LogP contribution in [0.5, 0.6) is 0 Å². The average Bonchev–Trinajstić information content (AvgIpc) is 3.37. The first kappa shape index (κ1) is 19.5. The molecule has 0 bridgehead atoms. The van der Waals surface area contributed by atoms with Gasteiger partial charge < -0.3 is 10.6 Å². The van der Waals surface area contributed by atoms with Crippen LogP contribution in [0.2, 0.25) is 5.02 Å². The zero-order chi connectivity index (χ0) is 21.5. The third kappa shape index (κ3) is 3.96. The molecule has 3 N–H and O–H groups in total. The normalized spacial score (nSPS) is 18.5. The predicted octanol–water partition coefficient (Wildman–Crippen LogP) is 2.96. The molecule has 2 fully saturated rings. The Kier molecular flexibility index (Phi) is 4.82. The lowest BCUT2D eigenvalue weighted by atomic mass is 10.1. The summed E-state index contributed by atoms with van der Waals surface area (Å²) in [6, 6.07) is 7.83. The van der Waals surface area contributed by atoms with Crippen molar-refractivity contribution >= 4 is 47.0 Å². The maximum Gasteiger partial charge on any atom is 0.254 e. The molecule has 1 aliphatic heterocycles. The van der Waals surface area contributed by atoms with Gasteiger partial charge in [0.05, 0.1) is 18.7 Å². The van der Waals surface area contributed by atoms with E-state index < -0.39 is 0 Å². The average molecular weight is 438 g/mol. The van der Waals surface area contributed by atoms with E-state index in [2.05, 4.69) is 31.0 Å². The minimum Gasteiger partial charge on any atom is -0.351 e. The fraction of sp³-hybridized carbons (Fsp3) is 0.286. The minimum atomic E-state index is -0.388. The second-order valence-electron chi connectivity index (χ2n) is 7.74. The summed E-state index contributed by atoms with van der Waals surface area (Å²) in [7, 11) is 0. The molecular weight excluding hydrogens is 418 g/mol. The number of benzene rings is 1. The van der Waals surface area contributed by atoms with Crippen molar-refractivity contribution in [3.8, 4) is 0 Å². The smallest absolute Gasteiger partial charge is 0.254 e. The van der Waals surface area contributed by atoms with Gasteiger partial charge in [0.25, 0.3) is 5.91 Å². The number of carbonyl (C=O) groups excluding carboxylic acids is 2. The van der Waals surface area contributed by atoms with Gasteiger partial charge in [-0.2, -0.15) is 19.6 Å². The molecule has 1 saturated heterocycles. The van der Waals surface area contributed by atoms with Crippen molar-refractivity contribution in [2.24, 2.45) is 0 Å². The van der Waals surface area contributed by atoms with E-state index in [9.17, 15) is 9.59 Å². The van der Waals surface area contributed by atoms with E-state index >= 15 is 0 Å². The van der Waals surface area contributed by atoms with Crippen LogP contribution in [-0.2, 0) is 9.59 Å². The quantitative estimate of drug-likeness (QED) is 0.401. The molecule has 10 heteroatoms. The zero-order valence-corrected chi connectivity index (χ0v) is 17.5. The summed E-state index contributed by atoms with van der Waals surface area (Å²) in [6.45, 7) is 1.98. The Hall–Kier alpha value is -3.46. The Labute approximate surface area is 182 Å². The number of nitrogens with one attached hydrogen (secondary N) is 3. The Morgan fingerprint density at radius 3 is 2.77 bits per heavy atom. The lowest BCUT2D eigenvalue weighted by Crippen LogP contribution is -2.19. The SMILES string of the molecule is C[C@@H](Nc1nc(NC2CC2)n2ncc(/C=C3\CC(=O)NC3=O)c2n1)c1ccccc1Cl. The van der Waals surface area contributed by atoms with Crippen molar-refractivity contribution in [1.29, 1.82) is 0 Å². The molecule has 1 aromatic carbocycles. The molecule has 158 valence electrons. The van der Waals surface area contributed by atoms with Crippen LogP contribution in [0, 0.1) is 0 Å². The van der Waals surface area contributed by atoms with Crippen molar-refractivity contribution in [3.05, 3.63) is 52.2 Å². The van der Waals surface area contributed by atoms with E-state index in [1.165, 1.54) is 0 Å². The molecule has 1 aliphatic carbocycles. The molecule has 1 saturated carbocycles. The second-order valence-corrected chi connectivity index (χ2v) is 8.14. The van der Waals surface area contributed by atoms with Crippen LogP contribution in [0.1, 0.15) is 43.4 Å². The van der Waals surface area contributed by atoms with Gasteiger partial charge in [-0.15, -0.1) is 0 Å². The van der Waals surface area contributed by atoms with Crippen LogP contribution >= 0.6 is 11.6 Å². The number of amides is 2. The largest absolute Gasteiger partial charge is 0.351 e. The monoisotopic (exact) mass is 437 g/mol. The van der Waals surface area contributed by atoms with Crippen LogP contribution in [0.15, 0.2) is 36.0 Å². The van der Waals surface area contributed by atoms with Gasteiger partial charge in [-0.05, 0) is 37.5 Å². The Morgan fingerprint density at radius 2 is 2.06 bits per heavy atom. The van der Waals surface area contributed by atoms with Gasteiger partial charge in [0.2, 0.25) is 17.8 Å². The van der Waals surface area contributed by atoms with Crippen molar-refractivity contribution in [1.82, 2.24) is 24.9 Å². The van der Waals surface area contributed by atoms with Crippen LogP contribution in [0.4, 0.5) is 11.9 Å². The van der Waals surface area contributed by atoms with Crippen LogP contribution < -0.4 is 16.0 Å². The van der Waals surface area contributed by atoms with Crippen molar-refractivity contribution < 1.29 is 9.59 Å². The number of imide groups is 1. The summed E-state index contributed by atoms with van der Waals surface area (Å²) in [5, 5.41) is 14.0. The van der Waals surface area contributed by atoms with E-state index in [4.69, 9.17) is 11.6 Å². The Morgan fingerprint density at radius 1 is 1.26 bits per heavy atom. The van der Waals surface area contributed by atoms with Crippen molar-refractivity contribution in [2.75, 3.05) is 10.6 Å². The maximum atomic E-state index is 12.0. The van der Waals surface area contributed by atoms with E-state index in [0.717, 1.165) is 18.4 Å². The van der Waals surface area contributed by atoms with E-state index in [1.54, 1.807) is 16.8 Å². The number of rotatable bonds is 6. The van der Waals surface area contributed by atoms with Gasteiger partial charge >= 0.3 is 0 Å². The fourth-order valence-electron chi connectivity index (χ4n) is 3.47. The Balaban J connectivity index is 1.54. The standard InChI is InChI=1S/C21H20ClN7O2/c1-11(15-4-2-3-5-16(15)22)24-20-27-18-13(8-12-9-17(30)26-19(12)31)10-23-29(18)21(28-20)25-14-6-7-14/h2-5,8,10-11,14H,6-7,9H2,1H3,(H,26,30,31)(H2,24,25,27,28)/b12-8+/t11-/m1/s1. The van der Waals surface area contributed by atoms with Gasteiger partial charge in [0, 0.05) is 22.2 Å². The predicted molar refractivity (Wildman–Crippen MR) is 117 cm³/mol. The molecule has 2 aromatic heterocycles. The van der Waals surface area contributed by atoms with Gasteiger partial charge in [-0.1, -0.05) is 29.8 Å². The molecule has 1 atom stereocenters. The highest BCUT2D eigenvalue weighted by molar-refractivity contribution is 6.31. The third-order valence-corrected chi connectivity index (χ3v) is 5.59. The topological polar surface area (TPSA) is 113 Å². The molecule has 31 heavy (non-hydrogen) atoms. The summed E-state index contributed by atoms with van der Waals surface area (Å²) >= 11 is 6.34. The number of anilines is 2.